The smallest absolute Gasteiger partial charge is 0.236 e. The lowest BCUT2D eigenvalue weighted by atomic mass is 9.74. The van der Waals surface area contributed by atoms with E-state index in [0.29, 0.717) is 12.5 Å². The van der Waals surface area contributed by atoms with Crippen LogP contribution >= 0.6 is 0 Å². The van der Waals surface area contributed by atoms with Crippen molar-refractivity contribution in [3.63, 3.8) is 0 Å². The average molecular weight is 530 g/mol. The molecule has 1 aromatic rings. The first-order valence-corrected chi connectivity index (χ1v) is 21.8. The first kappa shape index (κ1) is 31.0. The zero-order valence-electron chi connectivity index (χ0n) is 24.9. The molecule has 0 aliphatic carbocycles. The quantitative estimate of drug-likeness (QED) is 0.194. The van der Waals surface area contributed by atoms with Gasteiger partial charge in [-0.3, -0.25) is 4.79 Å². The second-order valence-electron chi connectivity index (χ2n) is 13.9. The van der Waals surface area contributed by atoms with Gasteiger partial charge in [0.1, 0.15) is 0 Å². The van der Waals surface area contributed by atoms with Crippen molar-refractivity contribution in [1.29, 1.82) is 0 Å². The molecule has 1 unspecified atom stereocenters. The van der Waals surface area contributed by atoms with Gasteiger partial charge >= 0.3 is 0 Å². The van der Waals surface area contributed by atoms with Crippen LogP contribution in [-0.4, -0.2) is 44.2 Å². The van der Waals surface area contributed by atoms with E-state index in [1.807, 2.05) is 6.07 Å². The highest BCUT2D eigenvalue weighted by Gasteiger charge is 2.60. The fourth-order valence-electron chi connectivity index (χ4n) is 6.12. The Hall–Kier alpha value is -1.18. The molecule has 1 fully saturated rings. The van der Waals surface area contributed by atoms with E-state index in [-0.39, 0.29) is 11.9 Å². The van der Waals surface area contributed by atoms with E-state index in [4.69, 9.17) is 0 Å². The van der Waals surface area contributed by atoms with Crippen molar-refractivity contribution in [2.24, 2.45) is 11.3 Å². The molecule has 1 saturated heterocycles. The number of aliphatic hydroxyl groups is 1. The lowest BCUT2D eigenvalue weighted by Gasteiger charge is -2.39. The minimum Gasteiger partial charge on any atom is -0.392 e. The Morgan fingerprint density at radius 3 is 2.08 bits per heavy atom. The van der Waals surface area contributed by atoms with Crippen molar-refractivity contribution in [3.05, 3.63) is 47.2 Å². The van der Waals surface area contributed by atoms with E-state index in [1.165, 1.54) is 31.3 Å². The summed E-state index contributed by atoms with van der Waals surface area (Å²) in [4.78, 5) is 16.8. The van der Waals surface area contributed by atoms with Crippen molar-refractivity contribution in [3.8, 4) is 0 Å². The van der Waals surface area contributed by atoms with Crippen LogP contribution in [0.1, 0.15) is 71.3 Å². The summed E-state index contributed by atoms with van der Waals surface area (Å²) in [7, 11) is -3.36. The van der Waals surface area contributed by atoms with Gasteiger partial charge in [-0.15, -0.1) is 0 Å². The number of rotatable bonds is 14. The molecule has 1 heterocycles. The standard InChI is InChI=1S/C31H55NO2Si2/c1-10-11-12-13-14-18-21-28(33)31(24-36(7,8)9)27(23-35(4,5)6)29(25(2)3)32(30(31)34)22-26-19-16-15-17-20-26/h15-17,19-20,23,25,28-29,33H,10-14,18,21-22,24H2,1-9H3/b27-23+/t28?,29-,31+/m1/s1. The molecule has 3 nitrogen and oxygen atoms in total. The Bertz CT molecular complexity index is 854. The van der Waals surface area contributed by atoms with E-state index in [9.17, 15) is 9.90 Å². The predicted molar refractivity (Wildman–Crippen MR) is 162 cm³/mol. The van der Waals surface area contributed by atoms with Crippen LogP contribution in [0.15, 0.2) is 41.6 Å². The van der Waals surface area contributed by atoms with Gasteiger partial charge in [0.2, 0.25) is 5.91 Å². The summed E-state index contributed by atoms with van der Waals surface area (Å²) in [5.41, 5.74) is 4.12. The van der Waals surface area contributed by atoms with E-state index in [0.717, 1.165) is 30.9 Å². The molecule has 1 aromatic carbocycles. The highest BCUT2D eigenvalue weighted by Crippen LogP contribution is 2.53. The van der Waals surface area contributed by atoms with Gasteiger partial charge in [0.25, 0.3) is 0 Å². The largest absolute Gasteiger partial charge is 0.392 e. The molecule has 1 N–H and O–H groups in total. The maximum Gasteiger partial charge on any atom is 0.236 e. The van der Waals surface area contributed by atoms with Gasteiger partial charge in [-0.05, 0) is 29.5 Å². The third-order valence-corrected chi connectivity index (χ3v) is 10.2. The second kappa shape index (κ2) is 13.1. The van der Waals surface area contributed by atoms with Crippen molar-refractivity contribution in [1.82, 2.24) is 4.90 Å². The summed E-state index contributed by atoms with van der Waals surface area (Å²) in [6.45, 7) is 21.5. The van der Waals surface area contributed by atoms with Crippen LogP contribution in [0.25, 0.3) is 0 Å². The van der Waals surface area contributed by atoms with Crippen molar-refractivity contribution in [2.45, 2.75) is 130 Å². The number of carbonyl (C=O) groups excluding carboxylic acids is 1. The molecule has 204 valence electrons. The molecule has 2 rings (SSSR count). The van der Waals surface area contributed by atoms with Gasteiger partial charge in [0.15, 0.2) is 0 Å². The maximum absolute atomic E-state index is 14.7. The fraction of sp³-hybridized carbons (Fsp3) is 0.710. The zero-order chi connectivity index (χ0) is 27.1. The Morgan fingerprint density at radius 1 is 0.972 bits per heavy atom. The average Bonchev–Trinajstić information content (AvgIpc) is 2.97. The summed E-state index contributed by atoms with van der Waals surface area (Å²) in [6, 6.07) is 11.3. The summed E-state index contributed by atoms with van der Waals surface area (Å²) < 4.78 is 0. The minimum atomic E-state index is -1.70. The van der Waals surface area contributed by atoms with Gasteiger partial charge in [-0.1, -0.05) is 135 Å². The molecule has 1 aliphatic heterocycles. The van der Waals surface area contributed by atoms with Crippen LogP contribution < -0.4 is 0 Å². The number of aliphatic hydroxyl groups excluding tert-OH is 1. The normalized spacial score (nSPS) is 23.2. The molecule has 0 saturated carbocycles. The molecule has 1 aliphatic rings. The van der Waals surface area contributed by atoms with E-state index >= 15 is 0 Å². The summed E-state index contributed by atoms with van der Waals surface area (Å²) >= 11 is 0. The topological polar surface area (TPSA) is 40.5 Å². The van der Waals surface area contributed by atoms with Gasteiger partial charge in [0.05, 0.1) is 25.6 Å². The number of nitrogens with zero attached hydrogens (tertiary/aromatic N) is 1. The molecule has 3 atom stereocenters. The highest BCUT2D eigenvalue weighted by atomic mass is 28.3. The Kier molecular flexibility index (Phi) is 11.3. The lowest BCUT2D eigenvalue weighted by Crippen LogP contribution is -2.48. The highest BCUT2D eigenvalue weighted by molar-refractivity contribution is 6.81. The molecule has 0 bridgehead atoms. The number of unbranched alkanes of at least 4 members (excludes halogenated alkanes) is 5. The minimum absolute atomic E-state index is 0.0417. The van der Waals surface area contributed by atoms with Gasteiger partial charge in [-0.25, -0.2) is 0 Å². The molecule has 1 amide bonds. The second-order valence-corrected chi connectivity index (χ2v) is 24.3. The third kappa shape index (κ3) is 8.16. The van der Waals surface area contributed by atoms with E-state index in [1.54, 1.807) is 0 Å². The zero-order valence-corrected chi connectivity index (χ0v) is 26.9. The molecular formula is C31H55NO2Si2. The predicted octanol–water partition coefficient (Wildman–Crippen LogP) is 8.29. The van der Waals surface area contributed by atoms with Crippen LogP contribution in [0, 0.1) is 11.3 Å². The molecule has 0 spiro atoms. The SMILES string of the molecule is CCCCCCCCC(O)[C@@]1(C[Si](C)(C)C)C(=O)N(Cc2ccccc2)[C@H](C(C)C)/C1=C\[Si](C)(C)C. The Balaban J connectivity index is 2.57. The molecule has 0 aromatic heterocycles. The van der Waals surface area contributed by atoms with Crippen molar-refractivity contribution < 1.29 is 9.90 Å². The maximum atomic E-state index is 14.7. The number of hydrogen-bond acceptors (Lipinski definition) is 2. The van der Waals surface area contributed by atoms with Gasteiger partial charge in [-0.2, -0.15) is 0 Å². The Morgan fingerprint density at radius 2 is 1.56 bits per heavy atom. The van der Waals surface area contributed by atoms with Crippen LogP contribution in [0.5, 0.6) is 0 Å². The van der Waals surface area contributed by atoms with Gasteiger partial charge < -0.3 is 10.0 Å². The number of hydrogen-bond donors (Lipinski definition) is 1. The number of benzene rings is 1. The van der Waals surface area contributed by atoms with Crippen LogP contribution in [0.3, 0.4) is 0 Å². The molecule has 0 radical (unpaired) electrons. The van der Waals surface area contributed by atoms with E-state index in [2.05, 4.69) is 94.9 Å². The van der Waals surface area contributed by atoms with Crippen molar-refractivity contribution in [2.75, 3.05) is 0 Å². The first-order valence-electron chi connectivity index (χ1n) is 14.5. The number of likely N-dealkylation sites (tertiary alicyclic amines) is 1. The molecule has 36 heavy (non-hydrogen) atoms. The number of amides is 1. The van der Waals surface area contributed by atoms with E-state index < -0.39 is 27.7 Å². The molecular weight excluding hydrogens is 475 g/mol. The summed E-state index contributed by atoms with van der Waals surface area (Å²) in [5.74, 6) is 0.473. The van der Waals surface area contributed by atoms with Crippen molar-refractivity contribution >= 4 is 22.1 Å². The third-order valence-electron chi connectivity index (χ3n) is 7.44. The first-order chi connectivity index (χ1) is 16.7. The lowest BCUT2D eigenvalue weighted by molar-refractivity contribution is -0.141. The Labute approximate surface area is 224 Å². The summed E-state index contributed by atoms with van der Waals surface area (Å²) in [6.07, 6.45) is 7.26. The summed E-state index contributed by atoms with van der Waals surface area (Å²) in [5, 5.41) is 12.0. The van der Waals surface area contributed by atoms with Crippen LogP contribution in [0.4, 0.5) is 0 Å². The monoisotopic (exact) mass is 529 g/mol. The van der Waals surface area contributed by atoms with Gasteiger partial charge in [0, 0.05) is 14.6 Å². The number of carbonyl (C=O) groups is 1. The molecule has 5 heteroatoms. The fourth-order valence-corrected chi connectivity index (χ4v) is 9.74. The van der Waals surface area contributed by atoms with Crippen LogP contribution in [0.2, 0.25) is 45.3 Å². The van der Waals surface area contributed by atoms with Crippen LogP contribution in [-0.2, 0) is 11.3 Å².